The SMILES string of the molecule is NC(=O)C1CCN(C(=O)c2ccc(CSc3nc4cccnc4n3Cc3ccccc3)cc2)CC1. The minimum atomic E-state index is -0.271. The van der Waals surface area contributed by atoms with E-state index in [1.165, 1.54) is 5.56 Å². The highest BCUT2D eigenvalue weighted by Gasteiger charge is 2.26. The van der Waals surface area contributed by atoms with E-state index in [4.69, 9.17) is 10.7 Å². The van der Waals surface area contributed by atoms with E-state index in [-0.39, 0.29) is 17.7 Å². The topological polar surface area (TPSA) is 94.1 Å². The summed E-state index contributed by atoms with van der Waals surface area (Å²) in [6.07, 6.45) is 3.06. The minimum absolute atomic E-state index is 0.00264. The van der Waals surface area contributed by atoms with E-state index in [1.54, 1.807) is 18.0 Å². The second-order valence-electron chi connectivity index (χ2n) is 8.77. The van der Waals surface area contributed by atoms with Gasteiger partial charge in [0.1, 0.15) is 5.52 Å². The van der Waals surface area contributed by atoms with E-state index >= 15 is 0 Å². The number of carbonyl (C=O) groups excluding carboxylic acids is 2. The Hall–Kier alpha value is -3.65. The number of likely N-dealkylation sites (tertiary alicyclic amines) is 1. The quantitative estimate of drug-likeness (QED) is 0.398. The van der Waals surface area contributed by atoms with E-state index in [2.05, 4.69) is 21.7 Å². The Labute approximate surface area is 208 Å². The molecule has 8 heteroatoms. The third kappa shape index (κ3) is 5.22. The van der Waals surface area contributed by atoms with E-state index in [0.717, 1.165) is 27.6 Å². The van der Waals surface area contributed by atoms with Crippen molar-refractivity contribution in [2.75, 3.05) is 13.1 Å². The predicted octanol–water partition coefficient (Wildman–Crippen LogP) is 4.11. The van der Waals surface area contributed by atoms with Crippen LogP contribution in [0.25, 0.3) is 11.2 Å². The molecule has 2 aromatic carbocycles. The van der Waals surface area contributed by atoms with Crippen LogP contribution in [-0.2, 0) is 17.1 Å². The highest BCUT2D eigenvalue weighted by atomic mass is 32.2. The molecule has 0 unspecified atom stereocenters. The summed E-state index contributed by atoms with van der Waals surface area (Å²) in [5, 5.41) is 0.917. The molecule has 1 aliphatic heterocycles. The van der Waals surface area contributed by atoms with Crippen LogP contribution in [0.2, 0.25) is 0 Å². The van der Waals surface area contributed by atoms with Crippen LogP contribution < -0.4 is 5.73 Å². The first-order valence-corrected chi connectivity index (χ1v) is 12.7. The van der Waals surface area contributed by atoms with Gasteiger partial charge in [-0.1, -0.05) is 54.2 Å². The van der Waals surface area contributed by atoms with Crippen molar-refractivity contribution in [1.29, 1.82) is 0 Å². The molecule has 0 bridgehead atoms. The fraction of sp³-hybridized carbons (Fsp3) is 0.259. The molecule has 2 N–H and O–H groups in total. The lowest BCUT2D eigenvalue weighted by atomic mass is 9.96. The Morgan fingerprint density at radius 2 is 1.69 bits per heavy atom. The number of piperidine rings is 1. The van der Waals surface area contributed by atoms with Crippen molar-refractivity contribution < 1.29 is 9.59 Å². The van der Waals surface area contributed by atoms with Gasteiger partial charge < -0.3 is 10.6 Å². The maximum absolute atomic E-state index is 12.9. The van der Waals surface area contributed by atoms with E-state index in [9.17, 15) is 9.59 Å². The Balaban J connectivity index is 1.26. The molecule has 5 rings (SSSR count). The average Bonchev–Trinajstić information content (AvgIpc) is 3.25. The molecule has 1 aliphatic rings. The first-order chi connectivity index (χ1) is 17.1. The van der Waals surface area contributed by atoms with Crippen LogP contribution in [-0.4, -0.2) is 44.3 Å². The van der Waals surface area contributed by atoms with Gasteiger partial charge in [0.25, 0.3) is 5.91 Å². The lowest BCUT2D eigenvalue weighted by Gasteiger charge is -2.30. The Kier molecular flexibility index (Phi) is 6.81. The number of hydrogen-bond acceptors (Lipinski definition) is 5. The molecule has 1 fully saturated rings. The molecular formula is C27H27N5O2S. The Bertz CT molecular complexity index is 1330. The molecule has 0 aliphatic carbocycles. The zero-order valence-corrected chi connectivity index (χ0v) is 20.2. The number of imidazole rings is 1. The number of thioether (sulfide) groups is 1. The lowest BCUT2D eigenvalue weighted by Crippen LogP contribution is -2.41. The van der Waals surface area contributed by atoms with Crippen molar-refractivity contribution in [3.05, 3.63) is 89.6 Å². The third-order valence-electron chi connectivity index (χ3n) is 6.41. The number of aromatic nitrogens is 3. The van der Waals surface area contributed by atoms with E-state index in [1.807, 2.05) is 59.5 Å². The summed E-state index contributed by atoms with van der Waals surface area (Å²) < 4.78 is 2.16. The summed E-state index contributed by atoms with van der Waals surface area (Å²) in [7, 11) is 0. The summed E-state index contributed by atoms with van der Waals surface area (Å²) in [6.45, 7) is 1.84. The molecule has 2 aromatic heterocycles. The summed E-state index contributed by atoms with van der Waals surface area (Å²) in [4.78, 5) is 35.4. The number of rotatable bonds is 7. The van der Waals surface area contributed by atoms with E-state index in [0.29, 0.717) is 38.0 Å². The van der Waals surface area contributed by atoms with Gasteiger partial charge in [0.15, 0.2) is 10.8 Å². The minimum Gasteiger partial charge on any atom is -0.369 e. The first-order valence-electron chi connectivity index (χ1n) is 11.7. The second-order valence-corrected chi connectivity index (χ2v) is 9.71. The second kappa shape index (κ2) is 10.3. The third-order valence-corrected chi connectivity index (χ3v) is 7.45. The molecule has 0 atom stereocenters. The average molecular weight is 486 g/mol. The maximum Gasteiger partial charge on any atom is 0.253 e. The zero-order chi connectivity index (χ0) is 24.2. The summed E-state index contributed by atoms with van der Waals surface area (Å²) >= 11 is 1.66. The van der Waals surface area contributed by atoms with Crippen molar-refractivity contribution in [2.24, 2.45) is 11.7 Å². The van der Waals surface area contributed by atoms with Gasteiger partial charge in [-0.25, -0.2) is 9.97 Å². The monoisotopic (exact) mass is 485 g/mol. The molecule has 178 valence electrons. The van der Waals surface area contributed by atoms with Crippen molar-refractivity contribution in [3.63, 3.8) is 0 Å². The number of amides is 2. The van der Waals surface area contributed by atoms with Gasteiger partial charge in [-0.15, -0.1) is 0 Å². The zero-order valence-electron chi connectivity index (χ0n) is 19.3. The molecule has 0 radical (unpaired) electrons. The summed E-state index contributed by atoms with van der Waals surface area (Å²) in [5.41, 5.74) is 10.1. The molecule has 3 heterocycles. The molecule has 2 amide bonds. The number of pyridine rings is 1. The van der Waals surface area contributed by atoms with Crippen molar-refractivity contribution in [2.45, 2.75) is 30.3 Å². The highest BCUT2D eigenvalue weighted by molar-refractivity contribution is 7.98. The fourth-order valence-electron chi connectivity index (χ4n) is 4.40. The number of hydrogen-bond donors (Lipinski definition) is 1. The van der Waals surface area contributed by atoms with Crippen LogP contribution in [0.3, 0.4) is 0 Å². The largest absolute Gasteiger partial charge is 0.369 e. The van der Waals surface area contributed by atoms with Crippen LogP contribution in [0.4, 0.5) is 0 Å². The van der Waals surface area contributed by atoms with Crippen LogP contribution in [0, 0.1) is 5.92 Å². The van der Waals surface area contributed by atoms with Crippen molar-refractivity contribution in [1.82, 2.24) is 19.4 Å². The van der Waals surface area contributed by atoms with Gasteiger partial charge in [0.05, 0.1) is 6.54 Å². The number of nitrogens with zero attached hydrogens (tertiary/aromatic N) is 4. The fourth-order valence-corrected chi connectivity index (χ4v) is 5.36. The van der Waals surface area contributed by atoms with Gasteiger partial charge in [-0.2, -0.15) is 0 Å². The van der Waals surface area contributed by atoms with Crippen molar-refractivity contribution in [3.8, 4) is 0 Å². The molecule has 7 nitrogen and oxygen atoms in total. The molecule has 0 spiro atoms. The van der Waals surface area contributed by atoms with Crippen molar-refractivity contribution >= 4 is 34.7 Å². The van der Waals surface area contributed by atoms with Gasteiger partial charge in [0, 0.05) is 36.5 Å². The Morgan fingerprint density at radius 3 is 2.40 bits per heavy atom. The number of primary amides is 1. The standard InChI is InChI=1S/C27H27N5O2S/c28-24(33)21-12-15-31(16-13-21)26(34)22-10-8-20(9-11-22)18-35-27-30-23-7-4-14-29-25(23)32(27)17-19-5-2-1-3-6-19/h1-11,14,21H,12-13,15-18H2,(H2,28,33). The highest BCUT2D eigenvalue weighted by Crippen LogP contribution is 2.27. The van der Waals surface area contributed by atoms with Gasteiger partial charge >= 0.3 is 0 Å². The summed E-state index contributed by atoms with van der Waals surface area (Å²) in [6, 6.07) is 22.0. The Morgan fingerprint density at radius 1 is 0.943 bits per heavy atom. The molecule has 1 saturated heterocycles. The molecule has 0 saturated carbocycles. The van der Waals surface area contributed by atoms with Crippen LogP contribution in [0.5, 0.6) is 0 Å². The number of fused-ring (bicyclic) bond motifs is 1. The summed E-state index contributed by atoms with van der Waals surface area (Å²) in [5.74, 6) is 0.339. The van der Waals surface area contributed by atoms with Gasteiger partial charge in [-0.3, -0.25) is 14.2 Å². The van der Waals surface area contributed by atoms with Crippen LogP contribution in [0.15, 0.2) is 78.1 Å². The van der Waals surface area contributed by atoms with E-state index < -0.39 is 0 Å². The smallest absolute Gasteiger partial charge is 0.253 e. The van der Waals surface area contributed by atoms with Gasteiger partial charge in [-0.05, 0) is 48.2 Å². The number of carbonyl (C=O) groups is 2. The van der Waals surface area contributed by atoms with Gasteiger partial charge in [0.2, 0.25) is 5.91 Å². The first kappa shape index (κ1) is 23.1. The maximum atomic E-state index is 12.9. The van der Waals surface area contributed by atoms with Crippen LogP contribution >= 0.6 is 11.8 Å². The molecular weight excluding hydrogens is 458 g/mol. The lowest BCUT2D eigenvalue weighted by molar-refractivity contribution is -0.123. The molecule has 4 aromatic rings. The normalized spacial score (nSPS) is 14.3. The predicted molar refractivity (Wildman–Crippen MR) is 137 cm³/mol. The number of nitrogens with two attached hydrogens (primary N) is 1. The molecule has 35 heavy (non-hydrogen) atoms. The number of benzene rings is 2. The van der Waals surface area contributed by atoms with Crippen LogP contribution in [0.1, 0.15) is 34.3 Å².